The molecule has 4 aliphatic heterocycles. The van der Waals surface area contributed by atoms with Gasteiger partial charge in [-0.05, 0) is 26.8 Å². The number of carboxylic acids is 1. The van der Waals surface area contributed by atoms with Crippen LogP contribution in [-0.2, 0) is 33.3 Å². The largest absolute Gasteiger partial charge is 0.481 e. The molecule has 0 aliphatic carbocycles. The molecule has 14 atom stereocenters. The summed E-state index contributed by atoms with van der Waals surface area (Å²) in [6.45, 7) is 4.79. The number of rotatable bonds is 3. The van der Waals surface area contributed by atoms with E-state index in [9.17, 15) is 40.2 Å². The molecule has 0 spiro atoms. The molecule has 3 saturated heterocycles. The van der Waals surface area contributed by atoms with Crippen molar-refractivity contribution in [1.29, 1.82) is 0 Å². The Morgan fingerprint density at radius 2 is 1.57 bits per heavy atom. The SMILES string of the molecule is C[C@@H]1C/C=C/C=C/C=C/C=C/[C@H](O[C@]2(C)O[C@H](C)[C@@H](O)[C@H](N)[C@@H]2O)C[C@@H]2O[C@](O)(C[C@@H](O)C[C@@H]3O[C@@H]3/C=C/C(=O)O1)C[C@H](O)[C@H]2C(=O)O.O.O.O. The second kappa shape index (κ2) is 19.8. The standard InChI is InChI=1S/C34H49NO13.3H2O/c1-19-11-9-7-5-4-6-8-10-12-22(47-33(3)31(40)29(35)30(39)20(2)46-33)16-26-28(32(41)42)23(37)18-34(43,48-26)17-21(36)15-25-24(45-25)13-14-27(38)44-19;;;/h4-10,12-14,19-26,28-31,36-37,39-40,43H,11,15-18,35H2,1-3H3,(H,41,42);3*1H2/b5-4+,8-6+,9-7+,12-10+,14-13+;;;/t19-,20-,21+,22+,23+,24-,25+,26+,28-,29+,30-,31+,33+,34-;;;/m1.../s1. The van der Waals surface area contributed by atoms with Gasteiger partial charge in [-0.2, -0.15) is 0 Å². The molecule has 0 radical (unpaired) electrons. The first-order valence-electron chi connectivity index (χ1n) is 16.3. The van der Waals surface area contributed by atoms with Crippen molar-refractivity contribution in [2.45, 2.75) is 132 Å². The van der Waals surface area contributed by atoms with Gasteiger partial charge in [0.1, 0.15) is 24.2 Å². The fourth-order valence-electron chi connectivity index (χ4n) is 6.39. The topological polar surface area (TPSA) is 325 Å². The number of carbonyl (C=O) groups excluding carboxylic acids is 1. The number of carbonyl (C=O) groups is 2. The van der Waals surface area contributed by atoms with Gasteiger partial charge in [0, 0.05) is 38.2 Å². The molecule has 14 N–H and O–H groups in total. The smallest absolute Gasteiger partial charge is 0.330 e. The quantitative estimate of drug-likeness (QED) is 0.122. The van der Waals surface area contributed by atoms with Gasteiger partial charge in [0.25, 0.3) is 0 Å². The van der Waals surface area contributed by atoms with Crippen molar-refractivity contribution >= 4 is 11.9 Å². The number of aliphatic carboxylic acids is 1. The number of carboxylic acid groups (broad SMARTS) is 1. The molecule has 4 heterocycles. The van der Waals surface area contributed by atoms with Gasteiger partial charge in [-0.15, -0.1) is 0 Å². The molecule has 17 heteroatoms. The highest BCUT2D eigenvalue weighted by Gasteiger charge is 2.53. The van der Waals surface area contributed by atoms with Gasteiger partial charge in [-0.25, -0.2) is 4.79 Å². The first-order valence-corrected chi connectivity index (χ1v) is 16.3. The van der Waals surface area contributed by atoms with Crippen molar-refractivity contribution in [3.63, 3.8) is 0 Å². The van der Waals surface area contributed by atoms with E-state index < -0.39 is 96.8 Å². The Kier molecular flexibility index (Phi) is 17.9. The fourth-order valence-corrected chi connectivity index (χ4v) is 6.39. The predicted molar refractivity (Wildman–Crippen MR) is 181 cm³/mol. The number of allylic oxidation sites excluding steroid dienone is 6. The number of epoxide rings is 1. The lowest BCUT2D eigenvalue weighted by atomic mass is 9.83. The van der Waals surface area contributed by atoms with E-state index in [1.807, 2.05) is 6.08 Å². The average molecular weight is 734 g/mol. The molecule has 0 amide bonds. The van der Waals surface area contributed by atoms with Crippen LogP contribution in [0.5, 0.6) is 0 Å². The van der Waals surface area contributed by atoms with Crippen LogP contribution in [0, 0.1) is 5.92 Å². The Bertz CT molecular complexity index is 1270. The zero-order valence-corrected chi connectivity index (χ0v) is 28.9. The van der Waals surface area contributed by atoms with Gasteiger partial charge in [-0.1, -0.05) is 48.6 Å². The summed E-state index contributed by atoms with van der Waals surface area (Å²) in [7, 11) is 0. The molecule has 17 nitrogen and oxygen atoms in total. The summed E-state index contributed by atoms with van der Waals surface area (Å²) in [5.41, 5.74) is 6.06. The lowest BCUT2D eigenvalue weighted by Crippen LogP contribution is -2.67. The van der Waals surface area contributed by atoms with Crippen LogP contribution in [0.1, 0.15) is 52.9 Å². The lowest BCUT2D eigenvalue weighted by molar-refractivity contribution is -0.345. The molecule has 0 unspecified atom stereocenters. The predicted octanol–water partition coefficient (Wildman–Crippen LogP) is -1.96. The molecule has 0 aromatic rings. The van der Waals surface area contributed by atoms with Crippen LogP contribution in [0.15, 0.2) is 60.8 Å². The summed E-state index contributed by atoms with van der Waals surface area (Å²) in [5, 5.41) is 64.5. The van der Waals surface area contributed by atoms with Crippen LogP contribution in [0.2, 0.25) is 0 Å². The molecule has 51 heavy (non-hydrogen) atoms. The van der Waals surface area contributed by atoms with Gasteiger partial charge in [0.05, 0.1) is 48.8 Å². The van der Waals surface area contributed by atoms with Crippen LogP contribution in [-0.4, -0.2) is 138 Å². The minimum Gasteiger partial charge on any atom is -0.481 e. The molecule has 0 aromatic heterocycles. The normalized spacial score (nSPS) is 45.2. The van der Waals surface area contributed by atoms with Crippen LogP contribution in [0.4, 0.5) is 0 Å². The minimum absolute atomic E-state index is 0. The van der Waals surface area contributed by atoms with Gasteiger partial charge >= 0.3 is 11.9 Å². The number of aliphatic hydroxyl groups excluding tert-OH is 4. The van der Waals surface area contributed by atoms with E-state index in [0.717, 1.165) is 0 Å². The Labute approximate surface area is 296 Å². The number of fused-ring (bicyclic) bond motifs is 3. The minimum atomic E-state index is -2.11. The maximum Gasteiger partial charge on any atom is 0.330 e. The highest BCUT2D eigenvalue weighted by Crippen LogP contribution is 2.40. The van der Waals surface area contributed by atoms with Crippen molar-refractivity contribution in [3.8, 4) is 0 Å². The molecular weight excluding hydrogens is 678 g/mol. The van der Waals surface area contributed by atoms with Crippen molar-refractivity contribution in [3.05, 3.63) is 60.8 Å². The first-order chi connectivity index (χ1) is 22.6. The van der Waals surface area contributed by atoms with Crippen LogP contribution in [0.3, 0.4) is 0 Å². The van der Waals surface area contributed by atoms with E-state index in [4.69, 9.17) is 29.4 Å². The van der Waals surface area contributed by atoms with E-state index in [0.29, 0.717) is 6.42 Å². The van der Waals surface area contributed by atoms with Crippen molar-refractivity contribution in [2.75, 3.05) is 0 Å². The zero-order valence-electron chi connectivity index (χ0n) is 28.9. The lowest BCUT2D eigenvalue weighted by Gasteiger charge is -2.48. The summed E-state index contributed by atoms with van der Waals surface area (Å²) in [6, 6.07) is -1.11. The van der Waals surface area contributed by atoms with Gasteiger partial charge < -0.3 is 76.5 Å². The molecule has 2 bridgehead atoms. The molecule has 4 aliphatic rings. The van der Waals surface area contributed by atoms with E-state index in [2.05, 4.69) is 0 Å². The third-order valence-electron chi connectivity index (χ3n) is 8.95. The number of ether oxygens (including phenoxy) is 5. The van der Waals surface area contributed by atoms with Crippen molar-refractivity contribution in [2.24, 2.45) is 11.7 Å². The zero-order chi connectivity index (χ0) is 35.2. The van der Waals surface area contributed by atoms with Crippen LogP contribution in [0.25, 0.3) is 0 Å². The maximum atomic E-state index is 12.3. The van der Waals surface area contributed by atoms with E-state index in [1.54, 1.807) is 56.4 Å². The fraction of sp³-hybridized carbons (Fsp3) is 0.647. The molecular formula is C34H55NO16. The summed E-state index contributed by atoms with van der Waals surface area (Å²) >= 11 is 0. The van der Waals surface area contributed by atoms with E-state index in [1.165, 1.54) is 19.1 Å². The first kappa shape index (κ1) is 46.1. The number of aliphatic hydroxyl groups is 5. The van der Waals surface area contributed by atoms with Crippen molar-refractivity contribution in [1.82, 2.24) is 0 Å². The van der Waals surface area contributed by atoms with Gasteiger partial charge in [-0.3, -0.25) is 4.79 Å². The Morgan fingerprint density at radius 1 is 0.922 bits per heavy atom. The number of nitrogens with two attached hydrogens (primary N) is 1. The molecule has 0 aromatic carbocycles. The Hall–Kier alpha value is -2.88. The molecule has 3 fully saturated rings. The molecule has 4 rings (SSSR count). The molecule has 0 saturated carbocycles. The number of hydrogen-bond donors (Lipinski definition) is 7. The highest BCUT2D eigenvalue weighted by molar-refractivity contribution is 5.82. The van der Waals surface area contributed by atoms with E-state index >= 15 is 0 Å². The number of esters is 1. The maximum absolute atomic E-state index is 12.3. The summed E-state index contributed by atoms with van der Waals surface area (Å²) in [4.78, 5) is 24.5. The molecule has 292 valence electrons. The highest BCUT2D eigenvalue weighted by atomic mass is 16.7. The summed E-state index contributed by atoms with van der Waals surface area (Å²) in [5.74, 6) is -7.20. The second-order valence-electron chi connectivity index (χ2n) is 13.1. The Morgan fingerprint density at radius 3 is 2.24 bits per heavy atom. The number of cyclic esters (lactones) is 1. The van der Waals surface area contributed by atoms with Gasteiger partial charge in [0.2, 0.25) is 0 Å². The van der Waals surface area contributed by atoms with Crippen molar-refractivity contribution < 1.29 is 80.3 Å². The second-order valence-corrected chi connectivity index (χ2v) is 13.1. The van der Waals surface area contributed by atoms with E-state index in [-0.39, 0.29) is 41.8 Å². The summed E-state index contributed by atoms with van der Waals surface area (Å²) in [6.07, 6.45) is 6.36. The third kappa shape index (κ3) is 12.6. The Balaban J connectivity index is 0.00000433. The monoisotopic (exact) mass is 733 g/mol. The number of hydrogen-bond acceptors (Lipinski definition) is 13. The summed E-state index contributed by atoms with van der Waals surface area (Å²) < 4.78 is 28.9. The van der Waals surface area contributed by atoms with Crippen LogP contribution < -0.4 is 5.73 Å². The average Bonchev–Trinajstić information content (AvgIpc) is 3.72. The van der Waals surface area contributed by atoms with Crippen LogP contribution >= 0.6 is 0 Å². The van der Waals surface area contributed by atoms with Gasteiger partial charge in [0.15, 0.2) is 11.6 Å². The third-order valence-corrected chi connectivity index (χ3v) is 8.95.